The monoisotopic (exact) mass is 366 g/mol. The molecule has 3 aromatic rings. The largest absolute Gasteiger partial charge is 0.482 e. The van der Waals surface area contributed by atoms with Crippen LogP contribution in [0.2, 0.25) is 0 Å². The Morgan fingerprint density at radius 3 is 2.63 bits per heavy atom. The van der Waals surface area contributed by atoms with Gasteiger partial charge in [0.05, 0.1) is 16.7 Å². The van der Waals surface area contributed by atoms with Gasteiger partial charge in [0.2, 0.25) is 5.91 Å². The Morgan fingerprint density at radius 1 is 1.07 bits per heavy atom. The van der Waals surface area contributed by atoms with Gasteiger partial charge in [0.15, 0.2) is 6.61 Å². The van der Waals surface area contributed by atoms with Crippen LogP contribution in [0.4, 0.5) is 11.4 Å². The Bertz CT molecular complexity index is 1130. The SMILES string of the molecule is Cn1c(=O)n(C)c2cc(NC(=O)CN3C(=O)COc4ccccc43)ccc21. The van der Waals surface area contributed by atoms with Crippen LogP contribution in [0.15, 0.2) is 47.3 Å². The fourth-order valence-corrected chi connectivity index (χ4v) is 3.26. The van der Waals surface area contributed by atoms with Gasteiger partial charge < -0.3 is 10.1 Å². The molecule has 0 saturated carbocycles. The topological polar surface area (TPSA) is 85.6 Å². The minimum Gasteiger partial charge on any atom is -0.482 e. The lowest BCUT2D eigenvalue weighted by atomic mass is 10.2. The van der Waals surface area contributed by atoms with E-state index in [9.17, 15) is 14.4 Å². The van der Waals surface area contributed by atoms with Crippen molar-refractivity contribution in [2.24, 2.45) is 14.1 Å². The molecule has 0 atom stereocenters. The van der Waals surface area contributed by atoms with E-state index in [4.69, 9.17) is 4.74 Å². The standard InChI is InChI=1S/C19H18N4O4/c1-21-13-8-7-12(9-15(13)22(2)19(21)26)20-17(24)10-23-14-5-3-4-6-16(14)27-11-18(23)25/h3-9H,10-11H2,1-2H3,(H,20,24). The number of hydrogen-bond acceptors (Lipinski definition) is 4. The number of carbonyl (C=O) groups is 2. The van der Waals surface area contributed by atoms with Gasteiger partial charge in [-0.1, -0.05) is 12.1 Å². The number of nitrogens with zero attached hydrogens (tertiary/aromatic N) is 3. The number of benzene rings is 2. The summed E-state index contributed by atoms with van der Waals surface area (Å²) in [5, 5.41) is 2.79. The maximum Gasteiger partial charge on any atom is 0.328 e. The number of para-hydroxylation sites is 2. The van der Waals surface area contributed by atoms with Gasteiger partial charge in [-0.2, -0.15) is 0 Å². The minimum atomic E-state index is -0.333. The Balaban J connectivity index is 1.57. The highest BCUT2D eigenvalue weighted by Gasteiger charge is 2.27. The summed E-state index contributed by atoms with van der Waals surface area (Å²) in [5.41, 5.74) is 2.49. The first-order valence-electron chi connectivity index (χ1n) is 8.43. The first-order valence-corrected chi connectivity index (χ1v) is 8.43. The molecular formula is C19H18N4O4. The van der Waals surface area contributed by atoms with Crippen LogP contribution in [0.1, 0.15) is 0 Å². The van der Waals surface area contributed by atoms with Crippen molar-refractivity contribution in [3.63, 3.8) is 0 Å². The second-order valence-corrected chi connectivity index (χ2v) is 6.39. The zero-order valence-corrected chi connectivity index (χ0v) is 14.9. The lowest BCUT2D eigenvalue weighted by Crippen LogP contribution is -2.43. The van der Waals surface area contributed by atoms with E-state index < -0.39 is 0 Å². The second-order valence-electron chi connectivity index (χ2n) is 6.39. The number of imidazole rings is 1. The van der Waals surface area contributed by atoms with E-state index in [1.54, 1.807) is 55.1 Å². The van der Waals surface area contributed by atoms with E-state index in [-0.39, 0.29) is 30.7 Å². The van der Waals surface area contributed by atoms with Crippen LogP contribution >= 0.6 is 0 Å². The molecule has 0 unspecified atom stereocenters. The summed E-state index contributed by atoms with van der Waals surface area (Å²) in [4.78, 5) is 38.1. The number of ether oxygens (including phenoxy) is 1. The zero-order valence-electron chi connectivity index (χ0n) is 14.9. The van der Waals surface area contributed by atoms with Crippen LogP contribution in [0, 0.1) is 0 Å². The second kappa shape index (κ2) is 6.31. The summed E-state index contributed by atoms with van der Waals surface area (Å²) >= 11 is 0. The molecule has 2 amide bonds. The normalized spacial score (nSPS) is 13.4. The smallest absolute Gasteiger partial charge is 0.328 e. The quantitative estimate of drug-likeness (QED) is 0.756. The molecule has 0 radical (unpaired) electrons. The average molecular weight is 366 g/mol. The van der Waals surface area contributed by atoms with Crippen LogP contribution in [0.5, 0.6) is 5.75 Å². The third kappa shape index (κ3) is 2.84. The van der Waals surface area contributed by atoms with Crippen molar-refractivity contribution in [3.8, 4) is 5.75 Å². The molecule has 0 bridgehead atoms. The van der Waals surface area contributed by atoms with Gasteiger partial charge in [-0.05, 0) is 30.3 Å². The lowest BCUT2D eigenvalue weighted by molar-refractivity contribution is -0.123. The first kappa shape index (κ1) is 16.9. The number of anilines is 2. The molecule has 0 saturated heterocycles. The van der Waals surface area contributed by atoms with Crippen molar-refractivity contribution in [2.75, 3.05) is 23.4 Å². The number of fused-ring (bicyclic) bond motifs is 2. The number of nitrogens with one attached hydrogen (secondary N) is 1. The van der Waals surface area contributed by atoms with Gasteiger partial charge in [-0.15, -0.1) is 0 Å². The van der Waals surface area contributed by atoms with Crippen molar-refractivity contribution in [3.05, 3.63) is 52.9 Å². The zero-order chi connectivity index (χ0) is 19.1. The van der Waals surface area contributed by atoms with Crippen molar-refractivity contribution >= 4 is 34.2 Å². The summed E-state index contributed by atoms with van der Waals surface area (Å²) in [5.74, 6) is -0.0318. The highest BCUT2D eigenvalue weighted by molar-refractivity contribution is 6.05. The number of aromatic nitrogens is 2. The van der Waals surface area contributed by atoms with Crippen molar-refractivity contribution in [2.45, 2.75) is 0 Å². The number of hydrogen-bond donors (Lipinski definition) is 1. The molecule has 138 valence electrons. The Morgan fingerprint density at radius 2 is 1.81 bits per heavy atom. The van der Waals surface area contributed by atoms with E-state index in [0.717, 1.165) is 5.52 Å². The Kier molecular flexibility index (Phi) is 3.95. The molecule has 27 heavy (non-hydrogen) atoms. The Hall–Kier alpha value is -3.55. The molecule has 0 aliphatic carbocycles. The van der Waals surface area contributed by atoms with E-state index in [1.807, 2.05) is 6.07 Å². The maximum absolute atomic E-state index is 12.5. The number of carbonyl (C=O) groups excluding carboxylic acids is 2. The highest BCUT2D eigenvalue weighted by Crippen LogP contribution is 2.31. The third-order valence-electron chi connectivity index (χ3n) is 4.67. The highest BCUT2D eigenvalue weighted by atomic mass is 16.5. The van der Waals surface area contributed by atoms with Crippen LogP contribution in [0.25, 0.3) is 11.0 Å². The predicted molar refractivity (Wildman–Crippen MR) is 101 cm³/mol. The fourth-order valence-electron chi connectivity index (χ4n) is 3.26. The van der Waals surface area contributed by atoms with Crippen LogP contribution in [-0.4, -0.2) is 34.1 Å². The van der Waals surface area contributed by atoms with Gasteiger partial charge in [-0.3, -0.25) is 23.6 Å². The van der Waals surface area contributed by atoms with E-state index in [2.05, 4.69) is 5.32 Å². The molecule has 1 N–H and O–H groups in total. The molecular weight excluding hydrogens is 348 g/mol. The van der Waals surface area contributed by atoms with E-state index in [1.165, 1.54) is 9.47 Å². The maximum atomic E-state index is 12.5. The van der Waals surface area contributed by atoms with Crippen LogP contribution < -0.4 is 20.6 Å². The minimum absolute atomic E-state index is 0.0949. The van der Waals surface area contributed by atoms with E-state index >= 15 is 0 Å². The molecule has 0 fully saturated rings. The summed E-state index contributed by atoms with van der Waals surface area (Å²) in [6.07, 6.45) is 0. The van der Waals surface area contributed by atoms with Gasteiger partial charge in [0.25, 0.3) is 5.91 Å². The average Bonchev–Trinajstić information content (AvgIpc) is 2.88. The summed E-state index contributed by atoms with van der Waals surface area (Å²) in [6, 6.07) is 12.4. The van der Waals surface area contributed by atoms with Gasteiger partial charge >= 0.3 is 5.69 Å². The molecule has 1 aromatic heterocycles. The predicted octanol–water partition coefficient (Wildman–Crippen LogP) is 1.24. The molecule has 2 heterocycles. The third-order valence-corrected chi connectivity index (χ3v) is 4.67. The Labute approximate surface area is 154 Å². The lowest BCUT2D eigenvalue weighted by Gasteiger charge is -2.28. The van der Waals surface area contributed by atoms with E-state index in [0.29, 0.717) is 22.6 Å². The molecule has 1 aliphatic rings. The van der Waals surface area contributed by atoms with Crippen molar-refractivity contribution in [1.82, 2.24) is 9.13 Å². The van der Waals surface area contributed by atoms with Crippen LogP contribution in [-0.2, 0) is 23.7 Å². The first-order chi connectivity index (χ1) is 13.0. The van der Waals surface area contributed by atoms with Crippen LogP contribution in [0.3, 0.4) is 0 Å². The molecule has 2 aromatic carbocycles. The fraction of sp³-hybridized carbons (Fsp3) is 0.211. The summed E-state index contributed by atoms with van der Waals surface area (Å²) in [6.45, 7) is -0.215. The van der Waals surface area contributed by atoms with Gasteiger partial charge in [-0.25, -0.2) is 4.79 Å². The number of rotatable bonds is 3. The summed E-state index contributed by atoms with van der Waals surface area (Å²) < 4.78 is 8.45. The number of aryl methyl sites for hydroxylation is 2. The molecule has 8 nitrogen and oxygen atoms in total. The molecule has 4 rings (SSSR count). The number of amides is 2. The molecule has 1 aliphatic heterocycles. The summed E-state index contributed by atoms with van der Waals surface area (Å²) in [7, 11) is 3.38. The van der Waals surface area contributed by atoms with Gasteiger partial charge in [0, 0.05) is 19.8 Å². The van der Waals surface area contributed by atoms with Gasteiger partial charge in [0.1, 0.15) is 12.3 Å². The molecule has 8 heteroatoms. The molecule has 0 spiro atoms. The van der Waals surface area contributed by atoms with Crippen molar-refractivity contribution in [1.29, 1.82) is 0 Å². The van der Waals surface area contributed by atoms with Crippen molar-refractivity contribution < 1.29 is 14.3 Å².